The molecule has 1 aromatic rings. The summed E-state index contributed by atoms with van der Waals surface area (Å²) in [5.41, 5.74) is 2.45. The van der Waals surface area contributed by atoms with Gasteiger partial charge in [-0.15, -0.1) is 0 Å². The lowest BCUT2D eigenvalue weighted by atomic mass is 9.89. The smallest absolute Gasteiger partial charge is 0.110 e. The summed E-state index contributed by atoms with van der Waals surface area (Å²) in [6, 6.07) is 6.36. The van der Waals surface area contributed by atoms with Gasteiger partial charge >= 0.3 is 0 Å². The van der Waals surface area contributed by atoms with E-state index in [4.69, 9.17) is 4.74 Å². The highest BCUT2D eigenvalue weighted by atomic mass is 79.9. The minimum atomic E-state index is -0.166. The van der Waals surface area contributed by atoms with Crippen molar-refractivity contribution in [3.63, 3.8) is 0 Å². The summed E-state index contributed by atoms with van der Waals surface area (Å²) >= 11 is 3.47. The lowest BCUT2D eigenvalue weighted by Gasteiger charge is -2.17. The minimum Gasteiger partial charge on any atom is -0.354 e. The summed E-state index contributed by atoms with van der Waals surface area (Å²) in [7, 11) is 0. The molecule has 2 heterocycles. The van der Waals surface area contributed by atoms with Gasteiger partial charge in [-0.05, 0) is 36.3 Å². The van der Waals surface area contributed by atoms with Gasteiger partial charge in [0.05, 0.1) is 0 Å². The fourth-order valence-corrected chi connectivity index (χ4v) is 2.53. The lowest BCUT2D eigenvalue weighted by molar-refractivity contribution is 0.0113. The average molecular weight is 237 g/mol. The van der Waals surface area contributed by atoms with Crippen molar-refractivity contribution < 1.29 is 4.74 Å². The molecule has 2 aliphatic rings. The molecule has 0 amide bonds. The van der Waals surface area contributed by atoms with Gasteiger partial charge < -0.3 is 4.74 Å². The highest BCUT2D eigenvalue weighted by molar-refractivity contribution is 9.10. The van der Waals surface area contributed by atoms with Gasteiger partial charge in [0.15, 0.2) is 0 Å². The summed E-state index contributed by atoms with van der Waals surface area (Å²) in [6.45, 7) is 2.11. The molecule has 1 nitrogen and oxygen atoms in total. The standard InChI is InChI=1S/C11H9BrO/c1-11-5-4-10(13-11)8-6-7(12)2-3-9(8)11/h2-6,10H,1H3. The Labute approximate surface area is 85.5 Å². The highest BCUT2D eigenvalue weighted by Crippen LogP contribution is 2.50. The van der Waals surface area contributed by atoms with Crippen molar-refractivity contribution in [3.05, 3.63) is 46.0 Å². The third-order valence-electron chi connectivity index (χ3n) is 2.82. The average Bonchev–Trinajstić information content (AvgIpc) is 2.58. The van der Waals surface area contributed by atoms with E-state index in [0.717, 1.165) is 4.47 Å². The molecule has 2 heteroatoms. The Kier molecular flexibility index (Phi) is 1.35. The number of ether oxygens (including phenoxy) is 1. The topological polar surface area (TPSA) is 9.23 Å². The van der Waals surface area contributed by atoms with Gasteiger partial charge in [0.1, 0.15) is 11.7 Å². The maximum Gasteiger partial charge on any atom is 0.110 e. The van der Waals surface area contributed by atoms with E-state index in [9.17, 15) is 0 Å². The van der Waals surface area contributed by atoms with Crippen LogP contribution >= 0.6 is 15.9 Å². The molecule has 0 fully saturated rings. The largest absolute Gasteiger partial charge is 0.354 e. The van der Waals surface area contributed by atoms with E-state index in [2.05, 4.69) is 53.2 Å². The maximum atomic E-state index is 5.85. The predicted molar refractivity (Wildman–Crippen MR) is 54.5 cm³/mol. The highest BCUT2D eigenvalue weighted by Gasteiger charge is 2.42. The second kappa shape index (κ2) is 2.25. The summed E-state index contributed by atoms with van der Waals surface area (Å²) in [6.07, 6.45) is 4.46. The number of hydrogen-bond acceptors (Lipinski definition) is 1. The molecule has 0 saturated carbocycles. The molecule has 3 rings (SSSR count). The van der Waals surface area contributed by atoms with Crippen LogP contribution in [-0.4, -0.2) is 0 Å². The van der Waals surface area contributed by atoms with Gasteiger partial charge in [0, 0.05) is 4.47 Å². The summed E-state index contributed by atoms with van der Waals surface area (Å²) in [4.78, 5) is 0. The second-order valence-corrected chi connectivity index (χ2v) is 4.65. The molecule has 2 bridgehead atoms. The summed E-state index contributed by atoms with van der Waals surface area (Å²) < 4.78 is 6.98. The van der Waals surface area contributed by atoms with Crippen molar-refractivity contribution >= 4 is 15.9 Å². The third-order valence-corrected chi connectivity index (χ3v) is 3.31. The van der Waals surface area contributed by atoms with Crippen molar-refractivity contribution in [3.8, 4) is 0 Å². The molecule has 1 aromatic carbocycles. The Hall–Kier alpha value is -0.600. The van der Waals surface area contributed by atoms with E-state index >= 15 is 0 Å². The maximum absolute atomic E-state index is 5.85. The summed E-state index contributed by atoms with van der Waals surface area (Å²) in [5.74, 6) is 0. The van der Waals surface area contributed by atoms with Gasteiger partial charge in [0.25, 0.3) is 0 Å². The number of halogens is 1. The summed E-state index contributed by atoms with van der Waals surface area (Å²) in [5, 5.41) is 0. The molecule has 0 saturated heterocycles. The number of fused-ring (bicyclic) bond motifs is 5. The van der Waals surface area contributed by atoms with Crippen molar-refractivity contribution in [1.82, 2.24) is 0 Å². The Morgan fingerprint density at radius 2 is 2.31 bits per heavy atom. The monoisotopic (exact) mass is 236 g/mol. The van der Waals surface area contributed by atoms with E-state index in [1.165, 1.54) is 11.1 Å². The van der Waals surface area contributed by atoms with Gasteiger partial charge in [-0.1, -0.05) is 28.1 Å². The van der Waals surface area contributed by atoms with Gasteiger partial charge in [-0.2, -0.15) is 0 Å². The molecule has 2 unspecified atom stereocenters. The van der Waals surface area contributed by atoms with Crippen LogP contribution in [-0.2, 0) is 10.3 Å². The molecule has 2 atom stereocenters. The molecule has 0 N–H and O–H groups in total. The van der Waals surface area contributed by atoms with Crippen molar-refractivity contribution in [2.24, 2.45) is 0 Å². The normalized spacial score (nSPS) is 33.8. The van der Waals surface area contributed by atoms with Crippen LogP contribution in [0, 0.1) is 0 Å². The van der Waals surface area contributed by atoms with E-state index in [-0.39, 0.29) is 11.7 Å². The number of rotatable bonds is 0. The third kappa shape index (κ3) is 0.903. The Bertz CT molecular complexity index is 411. The van der Waals surface area contributed by atoms with E-state index in [1.54, 1.807) is 0 Å². The van der Waals surface area contributed by atoms with Gasteiger partial charge in [0.2, 0.25) is 0 Å². The molecule has 0 spiro atoms. The van der Waals surface area contributed by atoms with Crippen LogP contribution in [0.4, 0.5) is 0 Å². The Morgan fingerprint density at radius 1 is 1.46 bits per heavy atom. The van der Waals surface area contributed by atoms with Crippen LogP contribution in [0.3, 0.4) is 0 Å². The molecule has 13 heavy (non-hydrogen) atoms. The van der Waals surface area contributed by atoms with Crippen LogP contribution in [0.5, 0.6) is 0 Å². The minimum absolute atomic E-state index is 0.166. The zero-order valence-corrected chi connectivity index (χ0v) is 8.84. The fraction of sp³-hybridized carbons (Fsp3) is 0.273. The molecular formula is C11H9BrO. The van der Waals surface area contributed by atoms with Gasteiger partial charge in [-0.25, -0.2) is 0 Å². The molecule has 0 aromatic heterocycles. The number of hydrogen-bond donors (Lipinski definition) is 0. The first-order valence-corrected chi connectivity index (χ1v) is 5.15. The lowest BCUT2D eigenvalue weighted by Crippen LogP contribution is -2.14. The predicted octanol–water partition coefficient (Wildman–Crippen LogP) is 3.31. The quantitative estimate of drug-likeness (QED) is 0.629. The van der Waals surface area contributed by atoms with Crippen molar-refractivity contribution in [2.45, 2.75) is 18.6 Å². The van der Waals surface area contributed by atoms with Gasteiger partial charge in [-0.3, -0.25) is 0 Å². The second-order valence-electron chi connectivity index (χ2n) is 3.74. The van der Waals surface area contributed by atoms with E-state index in [1.807, 2.05) is 0 Å². The molecular weight excluding hydrogens is 228 g/mol. The van der Waals surface area contributed by atoms with Crippen molar-refractivity contribution in [1.29, 1.82) is 0 Å². The fourth-order valence-electron chi connectivity index (χ4n) is 2.15. The van der Waals surface area contributed by atoms with Crippen LogP contribution < -0.4 is 0 Å². The first kappa shape index (κ1) is 7.77. The first-order valence-electron chi connectivity index (χ1n) is 4.36. The van der Waals surface area contributed by atoms with E-state index < -0.39 is 0 Å². The zero-order valence-electron chi connectivity index (χ0n) is 7.25. The van der Waals surface area contributed by atoms with Crippen LogP contribution in [0.2, 0.25) is 0 Å². The number of benzene rings is 1. The van der Waals surface area contributed by atoms with Crippen molar-refractivity contribution in [2.75, 3.05) is 0 Å². The molecule has 66 valence electrons. The molecule has 2 aliphatic heterocycles. The van der Waals surface area contributed by atoms with E-state index in [0.29, 0.717) is 0 Å². The SMILES string of the molecule is CC12C=CC(O1)c1cc(Br)ccc12. The van der Waals surface area contributed by atoms with Crippen LogP contribution in [0.1, 0.15) is 24.2 Å². The van der Waals surface area contributed by atoms with Crippen LogP contribution in [0.25, 0.3) is 0 Å². The first-order chi connectivity index (χ1) is 6.19. The molecule has 0 radical (unpaired) electrons. The van der Waals surface area contributed by atoms with Crippen LogP contribution in [0.15, 0.2) is 34.8 Å². The zero-order chi connectivity index (χ0) is 9.05. The Balaban J connectivity index is 2.28. The Morgan fingerprint density at radius 3 is 3.15 bits per heavy atom. The molecule has 0 aliphatic carbocycles.